The van der Waals surface area contributed by atoms with Crippen LogP contribution in [-0.2, 0) is 4.79 Å². The van der Waals surface area contributed by atoms with Crippen molar-refractivity contribution in [3.8, 4) is 11.6 Å². The number of hydrogen-bond donors (Lipinski definition) is 2. The lowest BCUT2D eigenvalue weighted by Gasteiger charge is -2.11. The second-order valence-electron chi connectivity index (χ2n) is 6.36. The van der Waals surface area contributed by atoms with Crippen LogP contribution >= 0.6 is 0 Å². The Hall–Kier alpha value is -2.92. The van der Waals surface area contributed by atoms with Crippen molar-refractivity contribution in [1.29, 1.82) is 0 Å². The third kappa shape index (κ3) is 3.83. The molecule has 1 heterocycles. The number of aromatic nitrogens is 1. The SMILES string of the molecule is CCC(C(=O)O)c1ccc(Oc2ccc3cc(C(C)N)ccc3n2)cc1. The number of ether oxygens (including phenoxy) is 1. The molecule has 1 aromatic heterocycles. The van der Waals surface area contributed by atoms with E-state index in [1.165, 1.54) is 0 Å². The van der Waals surface area contributed by atoms with Gasteiger partial charge in [0.25, 0.3) is 0 Å². The average Bonchev–Trinajstić information content (AvgIpc) is 2.63. The number of aliphatic carboxylic acids is 1. The Morgan fingerprint density at radius 1 is 1.12 bits per heavy atom. The lowest BCUT2D eigenvalue weighted by Crippen LogP contribution is -2.10. The number of hydrogen-bond acceptors (Lipinski definition) is 4. The molecule has 5 heteroatoms. The fraction of sp³-hybridized carbons (Fsp3) is 0.238. The number of nitrogens with zero attached hydrogens (tertiary/aromatic N) is 1. The number of nitrogens with two attached hydrogens (primary N) is 1. The van der Waals surface area contributed by atoms with Crippen LogP contribution in [0.4, 0.5) is 0 Å². The molecule has 3 N–H and O–H groups in total. The molecular weight excluding hydrogens is 328 g/mol. The Morgan fingerprint density at radius 2 is 1.81 bits per heavy atom. The first-order chi connectivity index (χ1) is 12.5. The molecule has 2 aromatic carbocycles. The zero-order valence-corrected chi connectivity index (χ0v) is 14.8. The van der Waals surface area contributed by atoms with E-state index in [4.69, 9.17) is 10.5 Å². The van der Waals surface area contributed by atoms with Crippen molar-refractivity contribution >= 4 is 16.9 Å². The minimum Gasteiger partial charge on any atom is -0.481 e. The summed E-state index contributed by atoms with van der Waals surface area (Å²) in [5, 5.41) is 10.2. The summed E-state index contributed by atoms with van der Waals surface area (Å²) < 4.78 is 5.81. The van der Waals surface area contributed by atoms with Crippen molar-refractivity contribution in [3.63, 3.8) is 0 Å². The van der Waals surface area contributed by atoms with Gasteiger partial charge in [-0.3, -0.25) is 4.79 Å². The summed E-state index contributed by atoms with van der Waals surface area (Å²) in [6.07, 6.45) is 0.547. The second kappa shape index (κ2) is 7.54. The van der Waals surface area contributed by atoms with Gasteiger partial charge in [0.15, 0.2) is 0 Å². The summed E-state index contributed by atoms with van der Waals surface area (Å²) in [5.41, 5.74) is 8.58. The highest BCUT2D eigenvalue weighted by Crippen LogP contribution is 2.27. The van der Waals surface area contributed by atoms with E-state index >= 15 is 0 Å². The van der Waals surface area contributed by atoms with Crippen LogP contribution in [0.1, 0.15) is 43.4 Å². The van der Waals surface area contributed by atoms with Gasteiger partial charge in [0.05, 0.1) is 11.4 Å². The van der Waals surface area contributed by atoms with Crippen molar-refractivity contribution in [3.05, 3.63) is 65.7 Å². The molecule has 5 nitrogen and oxygen atoms in total. The van der Waals surface area contributed by atoms with Crippen molar-refractivity contribution < 1.29 is 14.6 Å². The smallest absolute Gasteiger partial charge is 0.310 e. The number of benzene rings is 2. The summed E-state index contributed by atoms with van der Waals surface area (Å²) in [6.45, 7) is 3.81. The van der Waals surface area contributed by atoms with Gasteiger partial charge < -0.3 is 15.6 Å². The molecule has 2 atom stereocenters. The number of carboxylic acid groups (broad SMARTS) is 1. The Morgan fingerprint density at radius 3 is 2.42 bits per heavy atom. The lowest BCUT2D eigenvalue weighted by molar-refractivity contribution is -0.138. The standard InChI is InChI=1S/C21H22N2O3/c1-3-18(21(24)25)14-4-8-17(9-5-14)26-20-11-7-16-12-15(13(2)22)6-10-19(16)23-20/h4-13,18H,3,22H2,1-2H3,(H,24,25). The van der Waals surface area contributed by atoms with Crippen molar-refractivity contribution in [2.24, 2.45) is 5.73 Å². The number of rotatable bonds is 6. The molecule has 0 aliphatic heterocycles. The Kier molecular flexibility index (Phi) is 5.19. The fourth-order valence-electron chi connectivity index (χ4n) is 2.91. The van der Waals surface area contributed by atoms with E-state index in [1.54, 1.807) is 24.3 Å². The zero-order chi connectivity index (χ0) is 18.7. The van der Waals surface area contributed by atoms with Gasteiger partial charge in [-0.25, -0.2) is 4.98 Å². The van der Waals surface area contributed by atoms with Gasteiger partial charge in [-0.1, -0.05) is 25.1 Å². The molecule has 0 amide bonds. The number of carbonyl (C=O) groups is 1. The first kappa shape index (κ1) is 17.9. The highest BCUT2D eigenvalue weighted by atomic mass is 16.5. The van der Waals surface area contributed by atoms with Gasteiger partial charge in [-0.2, -0.15) is 0 Å². The van der Waals surface area contributed by atoms with E-state index in [0.717, 1.165) is 22.0 Å². The normalized spacial score (nSPS) is 13.3. The Balaban J connectivity index is 1.80. The molecule has 134 valence electrons. The van der Waals surface area contributed by atoms with Crippen LogP contribution in [0.2, 0.25) is 0 Å². The third-order valence-electron chi connectivity index (χ3n) is 4.42. The maximum absolute atomic E-state index is 11.2. The average molecular weight is 350 g/mol. The number of carboxylic acids is 1. The summed E-state index contributed by atoms with van der Waals surface area (Å²) in [4.78, 5) is 15.8. The predicted molar refractivity (Wildman–Crippen MR) is 102 cm³/mol. The Bertz CT molecular complexity index is 920. The van der Waals surface area contributed by atoms with E-state index in [0.29, 0.717) is 18.1 Å². The molecule has 26 heavy (non-hydrogen) atoms. The molecular formula is C21H22N2O3. The van der Waals surface area contributed by atoms with Crippen LogP contribution in [0.25, 0.3) is 10.9 Å². The topological polar surface area (TPSA) is 85.4 Å². The van der Waals surface area contributed by atoms with E-state index < -0.39 is 11.9 Å². The van der Waals surface area contributed by atoms with Crippen LogP contribution < -0.4 is 10.5 Å². The van der Waals surface area contributed by atoms with Gasteiger partial charge in [-0.05, 0) is 54.8 Å². The zero-order valence-electron chi connectivity index (χ0n) is 14.8. The summed E-state index contributed by atoms with van der Waals surface area (Å²) in [6, 6.07) is 16.8. The van der Waals surface area contributed by atoms with Crippen LogP contribution in [0.15, 0.2) is 54.6 Å². The predicted octanol–water partition coefficient (Wildman–Crippen LogP) is 4.63. The van der Waals surface area contributed by atoms with Crippen LogP contribution in [0, 0.1) is 0 Å². The molecule has 0 fully saturated rings. The molecule has 0 aliphatic rings. The highest BCUT2D eigenvalue weighted by Gasteiger charge is 2.17. The van der Waals surface area contributed by atoms with Crippen molar-refractivity contribution in [2.45, 2.75) is 32.2 Å². The first-order valence-electron chi connectivity index (χ1n) is 8.65. The quantitative estimate of drug-likeness (QED) is 0.677. The van der Waals surface area contributed by atoms with Gasteiger partial charge in [0.2, 0.25) is 5.88 Å². The van der Waals surface area contributed by atoms with Crippen molar-refractivity contribution in [2.75, 3.05) is 0 Å². The summed E-state index contributed by atoms with van der Waals surface area (Å²) in [5.74, 6) is -0.206. The highest BCUT2D eigenvalue weighted by molar-refractivity contribution is 5.80. The third-order valence-corrected chi connectivity index (χ3v) is 4.42. The number of pyridine rings is 1. The van der Waals surface area contributed by atoms with E-state index in [1.807, 2.05) is 44.2 Å². The first-order valence-corrected chi connectivity index (χ1v) is 8.65. The van der Waals surface area contributed by atoms with Crippen LogP contribution in [0.5, 0.6) is 11.6 Å². The van der Waals surface area contributed by atoms with Crippen LogP contribution in [-0.4, -0.2) is 16.1 Å². The van der Waals surface area contributed by atoms with Crippen LogP contribution in [0.3, 0.4) is 0 Å². The molecule has 3 rings (SSSR count). The minimum absolute atomic E-state index is 0.0217. The molecule has 0 saturated carbocycles. The fourth-order valence-corrected chi connectivity index (χ4v) is 2.91. The van der Waals surface area contributed by atoms with Gasteiger partial charge >= 0.3 is 5.97 Å². The molecule has 3 aromatic rings. The monoisotopic (exact) mass is 350 g/mol. The van der Waals surface area contributed by atoms with Gasteiger partial charge in [0.1, 0.15) is 5.75 Å². The van der Waals surface area contributed by atoms with Gasteiger partial charge in [0, 0.05) is 17.5 Å². The Labute approximate surface area is 152 Å². The lowest BCUT2D eigenvalue weighted by atomic mass is 9.97. The molecule has 0 bridgehead atoms. The second-order valence-corrected chi connectivity index (χ2v) is 6.36. The molecule has 2 unspecified atom stereocenters. The van der Waals surface area contributed by atoms with E-state index in [-0.39, 0.29) is 6.04 Å². The maximum Gasteiger partial charge on any atom is 0.310 e. The number of fused-ring (bicyclic) bond motifs is 1. The van der Waals surface area contributed by atoms with Crippen molar-refractivity contribution in [1.82, 2.24) is 4.98 Å². The minimum atomic E-state index is -0.816. The molecule has 0 radical (unpaired) electrons. The van der Waals surface area contributed by atoms with E-state index in [2.05, 4.69) is 4.98 Å². The summed E-state index contributed by atoms with van der Waals surface area (Å²) >= 11 is 0. The van der Waals surface area contributed by atoms with E-state index in [9.17, 15) is 9.90 Å². The maximum atomic E-state index is 11.2. The van der Waals surface area contributed by atoms with Gasteiger partial charge in [-0.15, -0.1) is 0 Å². The molecule has 0 saturated heterocycles. The molecule has 0 aliphatic carbocycles. The largest absolute Gasteiger partial charge is 0.481 e. The molecule has 0 spiro atoms. The summed E-state index contributed by atoms with van der Waals surface area (Å²) in [7, 11) is 0.